The van der Waals surface area contributed by atoms with E-state index in [0.29, 0.717) is 6.42 Å². The Kier molecular flexibility index (Phi) is 4.96. The maximum atomic E-state index is 11.7. The number of carbonyl (C=O) groups excluding carboxylic acids is 1. The molecule has 1 unspecified atom stereocenters. The smallest absolute Gasteiger partial charge is 0.323 e. The van der Waals surface area contributed by atoms with E-state index in [1.165, 1.54) is 0 Å². The third-order valence-electron chi connectivity index (χ3n) is 1.99. The summed E-state index contributed by atoms with van der Waals surface area (Å²) in [4.78, 5) is 15.5. The Bertz CT molecular complexity index is 424. The van der Waals surface area contributed by atoms with Crippen molar-refractivity contribution in [1.29, 1.82) is 0 Å². The molecule has 1 heterocycles. The van der Waals surface area contributed by atoms with Crippen LogP contribution >= 0.6 is 23.2 Å². The number of ether oxygens (including phenoxy) is 1. The van der Waals surface area contributed by atoms with Crippen LogP contribution in [0, 0.1) is 0 Å². The zero-order chi connectivity index (χ0) is 13.9. The van der Waals surface area contributed by atoms with Crippen molar-refractivity contribution in [2.45, 2.75) is 38.8 Å². The van der Waals surface area contributed by atoms with E-state index in [-0.39, 0.29) is 10.3 Å². The number of nitrogens with two attached hydrogens (primary N) is 1. The van der Waals surface area contributed by atoms with Crippen LogP contribution in [0.1, 0.15) is 26.3 Å². The van der Waals surface area contributed by atoms with E-state index in [1.807, 2.05) is 0 Å². The molecule has 0 spiro atoms. The van der Waals surface area contributed by atoms with Gasteiger partial charge in [-0.3, -0.25) is 4.79 Å². The molecule has 1 atom stereocenters. The molecular formula is C12H16Cl2N2O2. The number of rotatable bonds is 3. The first-order valence-corrected chi connectivity index (χ1v) is 6.23. The molecule has 18 heavy (non-hydrogen) atoms. The van der Waals surface area contributed by atoms with Gasteiger partial charge in [0.15, 0.2) is 0 Å². The van der Waals surface area contributed by atoms with Crippen LogP contribution in [-0.4, -0.2) is 22.6 Å². The second kappa shape index (κ2) is 5.87. The average molecular weight is 291 g/mol. The normalized spacial score (nSPS) is 13.2. The maximum absolute atomic E-state index is 11.7. The van der Waals surface area contributed by atoms with Gasteiger partial charge < -0.3 is 10.5 Å². The van der Waals surface area contributed by atoms with Crippen molar-refractivity contribution in [2.24, 2.45) is 5.73 Å². The Morgan fingerprint density at radius 1 is 1.39 bits per heavy atom. The van der Waals surface area contributed by atoms with Crippen LogP contribution in [-0.2, 0) is 16.0 Å². The van der Waals surface area contributed by atoms with E-state index in [2.05, 4.69) is 4.98 Å². The van der Waals surface area contributed by atoms with Crippen LogP contribution < -0.4 is 5.73 Å². The number of halogens is 2. The quantitative estimate of drug-likeness (QED) is 0.686. The van der Waals surface area contributed by atoms with Crippen LogP contribution in [0.3, 0.4) is 0 Å². The van der Waals surface area contributed by atoms with Gasteiger partial charge in [0, 0.05) is 0 Å². The van der Waals surface area contributed by atoms with Crippen molar-refractivity contribution in [3.63, 3.8) is 0 Å². The van der Waals surface area contributed by atoms with Crippen molar-refractivity contribution in [3.8, 4) is 0 Å². The van der Waals surface area contributed by atoms with Gasteiger partial charge in [-0.1, -0.05) is 23.2 Å². The molecule has 6 heteroatoms. The third-order valence-corrected chi connectivity index (χ3v) is 2.38. The number of hydrogen-bond acceptors (Lipinski definition) is 4. The standard InChI is InChI=1S/C12H16Cl2N2O2/c1-12(2,3)18-11(17)8(15)4-7-5-9(13)16-10(14)6-7/h5-6,8H,4,15H2,1-3H3. The highest BCUT2D eigenvalue weighted by Gasteiger charge is 2.22. The van der Waals surface area contributed by atoms with Crippen molar-refractivity contribution in [2.75, 3.05) is 0 Å². The van der Waals surface area contributed by atoms with Crippen LogP contribution in [0.25, 0.3) is 0 Å². The predicted octanol–water partition coefficient (Wildman–Crippen LogP) is 2.60. The largest absolute Gasteiger partial charge is 0.459 e. The van der Waals surface area contributed by atoms with Gasteiger partial charge in [-0.25, -0.2) is 4.98 Å². The Balaban J connectivity index is 2.69. The maximum Gasteiger partial charge on any atom is 0.323 e. The summed E-state index contributed by atoms with van der Waals surface area (Å²) in [5.41, 5.74) is 5.97. The van der Waals surface area contributed by atoms with E-state index in [4.69, 9.17) is 33.7 Å². The number of carbonyl (C=O) groups is 1. The number of esters is 1. The number of aromatic nitrogens is 1. The fraction of sp³-hybridized carbons (Fsp3) is 0.500. The Hall–Kier alpha value is -0.840. The highest BCUT2D eigenvalue weighted by atomic mass is 35.5. The fourth-order valence-corrected chi connectivity index (χ4v) is 1.85. The molecule has 2 N–H and O–H groups in total. The number of pyridine rings is 1. The highest BCUT2D eigenvalue weighted by molar-refractivity contribution is 6.32. The van der Waals surface area contributed by atoms with Crippen LogP contribution in [0.2, 0.25) is 10.3 Å². The zero-order valence-corrected chi connectivity index (χ0v) is 12.0. The molecule has 0 amide bonds. The molecule has 1 aromatic heterocycles. The molecule has 4 nitrogen and oxygen atoms in total. The van der Waals surface area contributed by atoms with E-state index in [1.54, 1.807) is 32.9 Å². The lowest BCUT2D eigenvalue weighted by Crippen LogP contribution is -2.38. The first kappa shape index (κ1) is 15.2. The second-order valence-corrected chi connectivity index (χ2v) is 5.74. The van der Waals surface area contributed by atoms with E-state index >= 15 is 0 Å². The molecule has 0 aromatic carbocycles. The average Bonchev–Trinajstić information content (AvgIpc) is 2.12. The van der Waals surface area contributed by atoms with Gasteiger partial charge in [-0.15, -0.1) is 0 Å². The molecule has 0 saturated carbocycles. The molecule has 0 aliphatic heterocycles. The fourth-order valence-electron chi connectivity index (χ4n) is 1.35. The number of nitrogens with zero attached hydrogens (tertiary/aromatic N) is 1. The molecular weight excluding hydrogens is 275 g/mol. The molecule has 0 aliphatic carbocycles. The van der Waals surface area contributed by atoms with Gasteiger partial charge >= 0.3 is 5.97 Å². The lowest BCUT2D eigenvalue weighted by molar-refractivity contribution is -0.156. The summed E-state index contributed by atoms with van der Waals surface area (Å²) < 4.78 is 5.19. The van der Waals surface area contributed by atoms with Gasteiger partial charge in [0.25, 0.3) is 0 Å². The summed E-state index contributed by atoms with van der Waals surface area (Å²) in [6.45, 7) is 5.37. The summed E-state index contributed by atoms with van der Waals surface area (Å²) in [5, 5.41) is 0.544. The first-order chi connectivity index (χ1) is 8.17. The van der Waals surface area contributed by atoms with E-state index in [0.717, 1.165) is 5.56 Å². The van der Waals surface area contributed by atoms with Crippen LogP contribution in [0.4, 0.5) is 0 Å². The lowest BCUT2D eigenvalue weighted by atomic mass is 10.1. The topological polar surface area (TPSA) is 65.2 Å². The molecule has 1 aromatic rings. The van der Waals surface area contributed by atoms with Gasteiger partial charge in [-0.05, 0) is 44.9 Å². The molecule has 100 valence electrons. The Labute approximate surface area is 116 Å². The third kappa shape index (κ3) is 5.21. The summed E-state index contributed by atoms with van der Waals surface area (Å²) >= 11 is 11.5. The van der Waals surface area contributed by atoms with Crippen molar-refractivity contribution < 1.29 is 9.53 Å². The minimum absolute atomic E-state index is 0.272. The zero-order valence-electron chi connectivity index (χ0n) is 10.5. The Morgan fingerprint density at radius 2 is 1.89 bits per heavy atom. The minimum Gasteiger partial charge on any atom is -0.459 e. The summed E-state index contributed by atoms with van der Waals surface area (Å²) in [6, 6.07) is 2.49. The predicted molar refractivity (Wildman–Crippen MR) is 71.8 cm³/mol. The molecule has 0 aliphatic rings. The highest BCUT2D eigenvalue weighted by Crippen LogP contribution is 2.16. The van der Waals surface area contributed by atoms with Crippen molar-refractivity contribution >= 4 is 29.2 Å². The van der Waals surface area contributed by atoms with Gasteiger partial charge in [0.1, 0.15) is 21.9 Å². The summed E-state index contributed by atoms with van der Waals surface area (Å²) in [7, 11) is 0. The molecule has 0 radical (unpaired) electrons. The van der Waals surface area contributed by atoms with Gasteiger partial charge in [0.2, 0.25) is 0 Å². The van der Waals surface area contributed by atoms with Crippen molar-refractivity contribution in [3.05, 3.63) is 28.0 Å². The molecule has 1 rings (SSSR count). The van der Waals surface area contributed by atoms with Gasteiger partial charge in [0.05, 0.1) is 0 Å². The lowest BCUT2D eigenvalue weighted by Gasteiger charge is -2.22. The number of hydrogen-bond donors (Lipinski definition) is 1. The molecule has 0 saturated heterocycles. The monoisotopic (exact) mass is 290 g/mol. The molecule has 0 fully saturated rings. The van der Waals surface area contributed by atoms with E-state index < -0.39 is 17.6 Å². The first-order valence-electron chi connectivity index (χ1n) is 5.48. The second-order valence-electron chi connectivity index (χ2n) is 4.96. The SMILES string of the molecule is CC(C)(C)OC(=O)C(N)Cc1cc(Cl)nc(Cl)c1. The van der Waals surface area contributed by atoms with E-state index in [9.17, 15) is 4.79 Å². The summed E-state index contributed by atoms with van der Waals surface area (Å²) in [5.74, 6) is -0.452. The van der Waals surface area contributed by atoms with Crippen molar-refractivity contribution in [1.82, 2.24) is 4.98 Å². The summed E-state index contributed by atoms with van der Waals surface area (Å²) in [6.07, 6.45) is 0.302. The Morgan fingerprint density at radius 3 is 2.33 bits per heavy atom. The van der Waals surface area contributed by atoms with Crippen LogP contribution in [0.5, 0.6) is 0 Å². The molecule has 0 bridgehead atoms. The van der Waals surface area contributed by atoms with Crippen LogP contribution in [0.15, 0.2) is 12.1 Å². The van der Waals surface area contributed by atoms with Gasteiger partial charge in [-0.2, -0.15) is 0 Å². The minimum atomic E-state index is -0.751.